The third kappa shape index (κ3) is 6.35. The SMILES string of the molecule is CCCN(CCC)c1cccc(CCc2ccc(Nc3ccccc3C(=O)O)cc2)c1. The molecule has 0 unspecified atom stereocenters. The average Bonchev–Trinajstić information content (AvgIpc) is 2.79. The Morgan fingerprint density at radius 1 is 0.839 bits per heavy atom. The molecule has 0 spiro atoms. The number of carbonyl (C=O) groups is 1. The van der Waals surface area contributed by atoms with Crippen LogP contribution in [0.3, 0.4) is 0 Å². The third-order valence-corrected chi connectivity index (χ3v) is 5.36. The smallest absolute Gasteiger partial charge is 0.337 e. The average molecular weight is 417 g/mol. The molecule has 0 saturated carbocycles. The van der Waals surface area contributed by atoms with E-state index in [1.165, 1.54) is 16.8 Å². The minimum Gasteiger partial charge on any atom is -0.478 e. The number of anilines is 3. The summed E-state index contributed by atoms with van der Waals surface area (Å²) >= 11 is 0. The Morgan fingerprint density at radius 2 is 1.52 bits per heavy atom. The van der Waals surface area contributed by atoms with Crippen molar-refractivity contribution < 1.29 is 9.90 Å². The summed E-state index contributed by atoms with van der Waals surface area (Å²) in [6.45, 7) is 6.64. The number of carboxylic acids is 1. The highest BCUT2D eigenvalue weighted by molar-refractivity contribution is 5.95. The predicted molar refractivity (Wildman–Crippen MR) is 130 cm³/mol. The van der Waals surface area contributed by atoms with Crippen LogP contribution in [0.15, 0.2) is 72.8 Å². The summed E-state index contributed by atoms with van der Waals surface area (Å²) in [5.41, 5.74) is 5.69. The molecular formula is C27H32N2O2. The Hall–Kier alpha value is -3.27. The molecular weight excluding hydrogens is 384 g/mol. The van der Waals surface area contributed by atoms with Crippen LogP contribution in [0.5, 0.6) is 0 Å². The minimum absolute atomic E-state index is 0.270. The first kappa shape index (κ1) is 22.4. The number of carboxylic acid groups (broad SMARTS) is 1. The van der Waals surface area contributed by atoms with Crippen molar-refractivity contribution in [2.24, 2.45) is 0 Å². The Balaban J connectivity index is 1.62. The first-order valence-electron chi connectivity index (χ1n) is 11.1. The molecule has 4 nitrogen and oxygen atoms in total. The summed E-state index contributed by atoms with van der Waals surface area (Å²) in [4.78, 5) is 13.9. The molecule has 0 aromatic heterocycles. The van der Waals surface area contributed by atoms with E-state index in [0.717, 1.165) is 44.5 Å². The van der Waals surface area contributed by atoms with Gasteiger partial charge in [-0.05, 0) is 73.2 Å². The molecule has 0 atom stereocenters. The zero-order valence-corrected chi connectivity index (χ0v) is 18.5. The van der Waals surface area contributed by atoms with Crippen molar-refractivity contribution >= 4 is 23.0 Å². The fraction of sp³-hybridized carbons (Fsp3) is 0.296. The molecule has 2 N–H and O–H groups in total. The monoisotopic (exact) mass is 416 g/mol. The van der Waals surface area contributed by atoms with E-state index < -0.39 is 5.97 Å². The Kier molecular flexibility index (Phi) is 8.11. The standard InChI is InChI=1S/C27H32N2O2/c1-3-18-29(19-4-2)24-9-7-8-22(20-24)13-12-21-14-16-23(17-15-21)28-26-11-6-5-10-25(26)27(30)31/h5-11,14-17,20,28H,3-4,12-13,18-19H2,1-2H3,(H,30,31). The van der Waals surface area contributed by atoms with E-state index in [4.69, 9.17) is 0 Å². The van der Waals surface area contributed by atoms with E-state index in [9.17, 15) is 9.90 Å². The van der Waals surface area contributed by atoms with Crippen molar-refractivity contribution in [3.63, 3.8) is 0 Å². The van der Waals surface area contributed by atoms with E-state index in [1.54, 1.807) is 18.2 Å². The van der Waals surface area contributed by atoms with E-state index in [2.05, 4.69) is 60.5 Å². The van der Waals surface area contributed by atoms with Crippen molar-refractivity contribution in [2.75, 3.05) is 23.3 Å². The summed E-state index contributed by atoms with van der Waals surface area (Å²) in [6, 6.07) is 24.1. The molecule has 0 bridgehead atoms. The van der Waals surface area contributed by atoms with E-state index in [-0.39, 0.29) is 5.56 Å². The van der Waals surface area contributed by atoms with Crippen LogP contribution in [-0.2, 0) is 12.8 Å². The van der Waals surface area contributed by atoms with Gasteiger partial charge >= 0.3 is 5.97 Å². The van der Waals surface area contributed by atoms with Gasteiger partial charge in [0, 0.05) is 24.5 Å². The van der Waals surface area contributed by atoms with Crippen LogP contribution in [0, 0.1) is 0 Å². The van der Waals surface area contributed by atoms with Crippen LogP contribution >= 0.6 is 0 Å². The summed E-state index contributed by atoms with van der Waals surface area (Å²) in [5.74, 6) is -0.932. The molecule has 4 heteroatoms. The molecule has 0 saturated heterocycles. The number of para-hydroxylation sites is 1. The maximum atomic E-state index is 11.4. The lowest BCUT2D eigenvalue weighted by atomic mass is 10.0. The minimum atomic E-state index is -0.932. The quantitative estimate of drug-likeness (QED) is 0.373. The molecule has 0 aliphatic carbocycles. The highest BCUT2D eigenvalue weighted by Crippen LogP contribution is 2.22. The molecule has 3 aromatic carbocycles. The molecule has 0 fully saturated rings. The topological polar surface area (TPSA) is 52.6 Å². The fourth-order valence-electron chi connectivity index (χ4n) is 3.80. The maximum Gasteiger partial charge on any atom is 0.337 e. The number of hydrogen-bond acceptors (Lipinski definition) is 3. The molecule has 0 aliphatic heterocycles. The predicted octanol–water partition coefficient (Wildman–Crippen LogP) is 6.54. The summed E-state index contributed by atoms with van der Waals surface area (Å²) in [5, 5.41) is 12.5. The van der Waals surface area contributed by atoms with E-state index in [1.807, 2.05) is 18.2 Å². The van der Waals surface area contributed by atoms with Gasteiger partial charge in [0.15, 0.2) is 0 Å². The van der Waals surface area contributed by atoms with E-state index >= 15 is 0 Å². The number of aromatic carboxylic acids is 1. The summed E-state index contributed by atoms with van der Waals surface area (Å²) < 4.78 is 0. The largest absolute Gasteiger partial charge is 0.478 e. The van der Waals surface area contributed by atoms with Gasteiger partial charge in [0.2, 0.25) is 0 Å². The number of aryl methyl sites for hydroxylation is 2. The second-order valence-electron chi connectivity index (χ2n) is 7.83. The van der Waals surface area contributed by atoms with Crippen molar-refractivity contribution in [3.8, 4) is 0 Å². The van der Waals surface area contributed by atoms with Gasteiger partial charge in [0.05, 0.1) is 11.3 Å². The maximum absolute atomic E-state index is 11.4. The van der Waals surface area contributed by atoms with Crippen LogP contribution in [0.25, 0.3) is 0 Å². The molecule has 31 heavy (non-hydrogen) atoms. The van der Waals surface area contributed by atoms with Gasteiger partial charge in [0.25, 0.3) is 0 Å². The van der Waals surface area contributed by atoms with Crippen LogP contribution in [0.2, 0.25) is 0 Å². The normalized spacial score (nSPS) is 10.6. The molecule has 3 rings (SSSR count). The van der Waals surface area contributed by atoms with Crippen LogP contribution < -0.4 is 10.2 Å². The van der Waals surface area contributed by atoms with Crippen molar-refractivity contribution in [1.29, 1.82) is 0 Å². The Labute approximate surface area is 185 Å². The van der Waals surface area contributed by atoms with Gasteiger partial charge in [-0.1, -0.05) is 50.2 Å². The second kappa shape index (κ2) is 11.2. The molecule has 0 aliphatic rings. The van der Waals surface area contributed by atoms with Gasteiger partial charge in [-0.25, -0.2) is 4.79 Å². The lowest BCUT2D eigenvalue weighted by Crippen LogP contribution is -2.24. The highest BCUT2D eigenvalue weighted by Gasteiger charge is 2.09. The van der Waals surface area contributed by atoms with Crippen LogP contribution in [0.4, 0.5) is 17.1 Å². The first-order valence-corrected chi connectivity index (χ1v) is 11.1. The number of nitrogens with one attached hydrogen (secondary N) is 1. The zero-order valence-electron chi connectivity index (χ0n) is 18.5. The van der Waals surface area contributed by atoms with Crippen molar-refractivity contribution in [1.82, 2.24) is 0 Å². The van der Waals surface area contributed by atoms with E-state index in [0.29, 0.717) is 5.69 Å². The van der Waals surface area contributed by atoms with Gasteiger partial charge < -0.3 is 15.3 Å². The molecule has 0 heterocycles. The first-order chi connectivity index (χ1) is 15.1. The lowest BCUT2D eigenvalue weighted by molar-refractivity contribution is 0.0698. The van der Waals surface area contributed by atoms with Gasteiger partial charge in [-0.15, -0.1) is 0 Å². The lowest BCUT2D eigenvalue weighted by Gasteiger charge is -2.24. The summed E-state index contributed by atoms with van der Waals surface area (Å²) in [7, 11) is 0. The van der Waals surface area contributed by atoms with Gasteiger partial charge in [-0.2, -0.15) is 0 Å². The second-order valence-corrected chi connectivity index (χ2v) is 7.83. The molecule has 162 valence electrons. The van der Waals surface area contributed by atoms with Crippen LogP contribution in [0.1, 0.15) is 48.2 Å². The molecule has 0 amide bonds. The number of rotatable bonds is 11. The van der Waals surface area contributed by atoms with Crippen molar-refractivity contribution in [3.05, 3.63) is 89.5 Å². The van der Waals surface area contributed by atoms with Crippen LogP contribution in [-0.4, -0.2) is 24.2 Å². The molecule has 3 aromatic rings. The third-order valence-electron chi connectivity index (χ3n) is 5.36. The number of hydrogen-bond donors (Lipinski definition) is 2. The summed E-state index contributed by atoms with van der Waals surface area (Å²) in [6.07, 6.45) is 4.27. The zero-order chi connectivity index (χ0) is 22.1. The highest BCUT2D eigenvalue weighted by atomic mass is 16.4. The fourth-order valence-corrected chi connectivity index (χ4v) is 3.80. The van der Waals surface area contributed by atoms with Crippen molar-refractivity contribution in [2.45, 2.75) is 39.5 Å². The number of nitrogens with zero attached hydrogens (tertiary/aromatic N) is 1. The Bertz CT molecular complexity index is 977. The molecule has 0 radical (unpaired) electrons. The number of benzene rings is 3. The Morgan fingerprint density at radius 3 is 2.19 bits per heavy atom. The van der Waals surface area contributed by atoms with Gasteiger partial charge in [-0.3, -0.25) is 0 Å². The van der Waals surface area contributed by atoms with Gasteiger partial charge in [0.1, 0.15) is 0 Å².